The molecular formula is C17H16N4O2. The predicted molar refractivity (Wildman–Crippen MR) is 87.0 cm³/mol. The fraction of sp³-hybridized carbons (Fsp3) is 0.118. The van der Waals surface area contributed by atoms with E-state index in [0.29, 0.717) is 11.4 Å². The number of nitrogens with one attached hydrogen (secondary N) is 1. The molecule has 6 heteroatoms. The second-order valence-corrected chi connectivity index (χ2v) is 5.03. The highest BCUT2D eigenvalue weighted by atomic mass is 16.5. The van der Waals surface area contributed by atoms with E-state index in [1.54, 1.807) is 36.1 Å². The van der Waals surface area contributed by atoms with Gasteiger partial charge >= 0.3 is 0 Å². The van der Waals surface area contributed by atoms with Crippen molar-refractivity contribution in [2.75, 3.05) is 12.4 Å². The monoisotopic (exact) mass is 308 g/mol. The Morgan fingerprint density at radius 2 is 1.96 bits per heavy atom. The Labute approximate surface area is 133 Å². The van der Waals surface area contributed by atoms with Crippen molar-refractivity contribution >= 4 is 11.6 Å². The SMILES string of the molecule is COc1cccc(NC(=O)c2ncn(-c3ccc(C)cc3)n2)c1. The van der Waals surface area contributed by atoms with Crippen LogP contribution in [0.1, 0.15) is 16.2 Å². The summed E-state index contributed by atoms with van der Waals surface area (Å²) < 4.78 is 6.70. The second-order valence-electron chi connectivity index (χ2n) is 5.03. The molecule has 0 aliphatic carbocycles. The van der Waals surface area contributed by atoms with Gasteiger partial charge in [-0.1, -0.05) is 23.8 Å². The number of methoxy groups -OCH3 is 1. The number of rotatable bonds is 4. The van der Waals surface area contributed by atoms with Crippen molar-refractivity contribution in [1.29, 1.82) is 0 Å². The topological polar surface area (TPSA) is 69.0 Å². The molecule has 1 amide bonds. The highest BCUT2D eigenvalue weighted by Gasteiger charge is 2.12. The molecule has 3 aromatic rings. The summed E-state index contributed by atoms with van der Waals surface area (Å²) in [6.07, 6.45) is 1.52. The van der Waals surface area contributed by atoms with Crippen LogP contribution in [-0.4, -0.2) is 27.8 Å². The fourth-order valence-corrected chi connectivity index (χ4v) is 2.08. The largest absolute Gasteiger partial charge is 0.497 e. The molecule has 0 spiro atoms. The Morgan fingerprint density at radius 1 is 1.17 bits per heavy atom. The summed E-state index contributed by atoms with van der Waals surface area (Å²) in [5.74, 6) is 0.401. The van der Waals surface area contributed by atoms with E-state index in [9.17, 15) is 4.79 Å². The summed E-state index contributed by atoms with van der Waals surface area (Å²) in [6.45, 7) is 2.01. The summed E-state index contributed by atoms with van der Waals surface area (Å²) in [7, 11) is 1.58. The maximum absolute atomic E-state index is 12.2. The lowest BCUT2D eigenvalue weighted by atomic mass is 10.2. The molecular weight excluding hydrogens is 292 g/mol. The molecule has 116 valence electrons. The van der Waals surface area contributed by atoms with Crippen LogP contribution in [-0.2, 0) is 0 Å². The summed E-state index contributed by atoms with van der Waals surface area (Å²) in [6, 6.07) is 14.9. The van der Waals surface area contributed by atoms with Gasteiger partial charge in [0.25, 0.3) is 5.91 Å². The van der Waals surface area contributed by atoms with Gasteiger partial charge in [0, 0.05) is 11.8 Å². The van der Waals surface area contributed by atoms with Gasteiger partial charge in [0.05, 0.1) is 12.8 Å². The number of hydrogen-bond acceptors (Lipinski definition) is 4. The lowest BCUT2D eigenvalue weighted by Gasteiger charge is -2.05. The van der Waals surface area contributed by atoms with Crippen LogP contribution in [0.4, 0.5) is 5.69 Å². The van der Waals surface area contributed by atoms with Crippen LogP contribution in [0.25, 0.3) is 5.69 Å². The van der Waals surface area contributed by atoms with Gasteiger partial charge in [-0.2, -0.15) is 0 Å². The number of aryl methyl sites for hydroxylation is 1. The average molecular weight is 308 g/mol. The maximum Gasteiger partial charge on any atom is 0.295 e. The predicted octanol–water partition coefficient (Wildman–Crippen LogP) is 2.84. The third-order valence-electron chi connectivity index (χ3n) is 3.32. The van der Waals surface area contributed by atoms with Crippen molar-refractivity contribution in [1.82, 2.24) is 14.8 Å². The van der Waals surface area contributed by atoms with Crippen molar-refractivity contribution < 1.29 is 9.53 Å². The number of carbonyl (C=O) groups is 1. The van der Waals surface area contributed by atoms with Crippen molar-refractivity contribution in [3.8, 4) is 11.4 Å². The minimum absolute atomic E-state index is 0.105. The number of benzene rings is 2. The molecule has 0 atom stereocenters. The molecule has 0 bridgehead atoms. The molecule has 6 nitrogen and oxygen atoms in total. The molecule has 0 unspecified atom stereocenters. The molecule has 0 saturated heterocycles. The van der Waals surface area contributed by atoms with Crippen LogP contribution < -0.4 is 10.1 Å². The Kier molecular flexibility index (Phi) is 4.05. The number of hydrogen-bond donors (Lipinski definition) is 1. The van der Waals surface area contributed by atoms with Gasteiger partial charge < -0.3 is 10.1 Å². The minimum atomic E-state index is -0.371. The zero-order valence-electron chi connectivity index (χ0n) is 12.9. The summed E-state index contributed by atoms with van der Waals surface area (Å²) in [4.78, 5) is 16.3. The third-order valence-corrected chi connectivity index (χ3v) is 3.32. The summed E-state index contributed by atoms with van der Waals surface area (Å²) in [5, 5.41) is 6.96. The van der Waals surface area contributed by atoms with Gasteiger partial charge in [-0.25, -0.2) is 9.67 Å². The van der Waals surface area contributed by atoms with Crippen LogP contribution in [0.5, 0.6) is 5.75 Å². The lowest BCUT2D eigenvalue weighted by molar-refractivity contribution is 0.101. The van der Waals surface area contributed by atoms with E-state index in [1.807, 2.05) is 31.2 Å². The zero-order chi connectivity index (χ0) is 16.2. The fourth-order valence-electron chi connectivity index (χ4n) is 2.08. The van der Waals surface area contributed by atoms with E-state index < -0.39 is 0 Å². The van der Waals surface area contributed by atoms with Crippen LogP contribution >= 0.6 is 0 Å². The Balaban J connectivity index is 1.76. The Bertz CT molecular complexity index is 825. The lowest BCUT2D eigenvalue weighted by Crippen LogP contribution is -2.14. The number of ether oxygens (including phenoxy) is 1. The van der Waals surface area contributed by atoms with Gasteiger partial charge in [-0.3, -0.25) is 4.79 Å². The molecule has 0 aliphatic heterocycles. The second kappa shape index (κ2) is 6.31. The Morgan fingerprint density at radius 3 is 2.70 bits per heavy atom. The number of amides is 1. The minimum Gasteiger partial charge on any atom is -0.497 e. The van der Waals surface area contributed by atoms with Crippen molar-refractivity contribution in [2.24, 2.45) is 0 Å². The van der Waals surface area contributed by atoms with E-state index in [4.69, 9.17) is 4.74 Å². The average Bonchev–Trinajstić information content (AvgIpc) is 3.06. The van der Waals surface area contributed by atoms with E-state index >= 15 is 0 Å². The summed E-state index contributed by atoms with van der Waals surface area (Å²) in [5.41, 5.74) is 2.63. The highest BCUT2D eigenvalue weighted by molar-refractivity contribution is 6.01. The standard InChI is InChI=1S/C17H16N4O2/c1-12-6-8-14(9-7-12)21-11-18-16(20-21)17(22)19-13-4-3-5-15(10-13)23-2/h3-11H,1-2H3,(H,19,22). The highest BCUT2D eigenvalue weighted by Crippen LogP contribution is 2.17. The first-order chi connectivity index (χ1) is 11.2. The van der Waals surface area contributed by atoms with E-state index in [2.05, 4.69) is 15.4 Å². The van der Waals surface area contributed by atoms with Crippen molar-refractivity contribution in [3.63, 3.8) is 0 Å². The van der Waals surface area contributed by atoms with E-state index in [-0.39, 0.29) is 11.7 Å². The van der Waals surface area contributed by atoms with Gasteiger partial charge in [0.2, 0.25) is 5.82 Å². The first-order valence-corrected chi connectivity index (χ1v) is 7.10. The molecule has 2 aromatic carbocycles. The third kappa shape index (κ3) is 3.37. The molecule has 1 aromatic heterocycles. The first-order valence-electron chi connectivity index (χ1n) is 7.10. The van der Waals surface area contributed by atoms with Crippen LogP contribution in [0.15, 0.2) is 54.9 Å². The molecule has 23 heavy (non-hydrogen) atoms. The van der Waals surface area contributed by atoms with Crippen LogP contribution in [0.2, 0.25) is 0 Å². The molecule has 1 N–H and O–H groups in total. The smallest absolute Gasteiger partial charge is 0.295 e. The molecule has 0 aliphatic rings. The molecule has 1 heterocycles. The molecule has 3 rings (SSSR count). The Hall–Kier alpha value is -3.15. The van der Waals surface area contributed by atoms with Gasteiger partial charge in [-0.15, -0.1) is 5.10 Å². The number of carbonyl (C=O) groups excluding carboxylic acids is 1. The van der Waals surface area contributed by atoms with E-state index in [1.165, 1.54) is 6.33 Å². The molecule has 0 saturated carbocycles. The van der Waals surface area contributed by atoms with Gasteiger partial charge in [-0.05, 0) is 31.2 Å². The van der Waals surface area contributed by atoms with Crippen molar-refractivity contribution in [3.05, 3.63) is 66.2 Å². The normalized spacial score (nSPS) is 10.3. The van der Waals surface area contributed by atoms with Gasteiger partial charge in [0.1, 0.15) is 12.1 Å². The van der Waals surface area contributed by atoms with E-state index in [0.717, 1.165) is 11.3 Å². The summed E-state index contributed by atoms with van der Waals surface area (Å²) >= 11 is 0. The quantitative estimate of drug-likeness (QED) is 0.804. The van der Waals surface area contributed by atoms with Crippen LogP contribution in [0, 0.1) is 6.92 Å². The number of aromatic nitrogens is 3. The maximum atomic E-state index is 12.2. The molecule has 0 radical (unpaired) electrons. The first kappa shape index (κ1) is 14.8. The molecule has 0 fully saturated rings. The van der Waals surface area contributed by atoms with Crippen LogP contribution in [0.3, 0.4) is 0 Å². The van der Waals surface area contributed by atoms with Gasteiger partial charge in [0.15, 0.2) is 0 Å². The number of anilines is 1. The van der Waals surface area contributed by atoms with Crippen molar-refractivity contribution in [2.45, 2.75) is 6.92 Å². The number of nitrogens with zero attached hydrogens (tertiary/aromatic N) is 3. The zero-order valence-corrected chi connectivity index (χ0v) is 12.9.